The summed E-state index contributed by atoms with van der Waals surface area (Å²) in [7, 11) is 1.60. The number of carbonyl (C=O) groups is 1. The van der Waals surface area contributed by atoms with E-state index in [2.05, 4.69) is 10.2 Å². The topological polar surface area (TPSA) is 65.0 Å². The van der Waals surface area contributed by atoms with Gasteiger partial charge in [0.1, 0.15) is 5.75 Å². The number of aliphatic hydroxyl groups is 1. The molecule has 1 aromatic carbocycles. The Labute approximate surface area is 125 Å². The van der Waals surface area contributed by atoms with Crippen LogP contribution in [0.1, 0.15) is 6.42 Å². The number of rotatable bonds is 4. The number of carbonyl (C=O) groups excluding carboxylic acids is 1. The molecule has 1 aliphatic rings. The first-order valence-electron chi connectivity index (χ1n) is 7.26. The number of anilines is 1. The predicted molar refractivity (Wildman–Crippen MR) is 81.7 cm³/mol. The molecule has 0 aliphatic carbocycles. The third kappa shape index (κ3) is 4.61. The Kier molecular flexibility index (Phi) is 5.83. The smallest absolute Gasteiger partial charge is 0.321 e. The zero-order valence-electron chi connectivity index (χ0n) is 12.4. The lowest BCUT2D eigenvalue weighted by Gasteiger charge is -2.22. The Hall–Kier alpha value is -1.79. The highest BCUT2D eigenvalue weighted by molar-refractivity contribution is 5.89. The zero-order chi connectivity index (χ0) is 15.1. The fraction of sp³-hybridized carbons (Fsp3) is 0.533. The molecule has 21 heavy (non-hydrogen) atoms. The summed E-state index contributed by atoms with van der Waals surface area (Å²) in [6.45, 7) is 3.96. The van der Waals surface area contributed by atoms with Gasteiger partial charge in [0.05, 0.1) is 13.7 Å². The van der Waals surface area contributed by atoms with Crippen molar-refractivity contribution in [2.75, 3.05) is 51.8 Å². The Bertz CT molecular complexity index is 467. The fourth-order valence-corrected chi connectivity index (χ4v) is 2.44. The normalized spacial score (nSPS) is 16.4. The molecule has 0 unspecified atom stereocenters. The third-order valence-electron chi connectivity index (χ3n) is 3.61. The molecule has 0 saturated carbocycles. The molecule has 1 aliphatic heterocycles. The van der Waals surface area contributed by atoms with Crippen molar-refractivity contribution in [2.24, 2.45) is 0 Å². The molecule has 1 fully saturated rings. The molecule has 0 aromatic heterocycles. The number of hydrogen-bond acceptors (Lipinski definition) is 4. The van der Waals surface area contributed by atoms with Gasteiger partial charge in [0.15, 0.2) is 0 Å². The first-order valence-corrected chi connectivity index (χ1v) is 7.26. The van der Waals surface area contributed by atoms with Crippen molar-refractivity contribution in [3.8, 4) is 5.75 Å². The minimum Gasteiger partial charge on any atom is -0.497 e. The van der Waals surface area contributed by atoms with Crippen LogP contribution in [0.3, 0.4) is 0 Å². The first kappa shape index (κ1) is 15.6. The summed E-state index contributed by atoms with van der Waals surface area (Å²) in [5.74, 6) is 0.720. The number of aliphatic hydroxyl groups excluding tert-OH is 1. The van der Waals surface area contributed by atoms with Crippen molar-refractivity contribution in [2.45, 2.75) is 6.42 Å². The Balaban J connectivity index is 1.90. The molecule has 2 amide bonds. The molecule has 0 bridgehead atoms. The summed E-state index contributed by atoms with van der Waals surface area (Å²) in [6, 6.07) is 7.24. The van der Waals surface area contributed by atoms with Gasteiger partial charge in [-0.15, -0.1) is 0 Å². The molecule has 0 atom stereocenters. The summed E-state index contributed by atoms with van der Waals surface area (Å²) in [5.41, 5.74) is 0.732. The highest BCUT2D eigenvalue weighted by Gasteiger charge is 2.18. The molecular weight excluding hydrogens is 270 g/mol. The quantitative estimate of drug-likeness (QED) is 0.876. The molecule has 1 saturated heterocycles. The summed E-state index contributed by atoms with van der Waals surface area (Å²) >= 11 is 0. The van der Waals surface area contributed by atoms with Crippen LogP contribution in [0.25, 0.3) is 0 Å². The van der Waals surface area contributed by atoms with Crippen molar-refractivity contribution < 1.29 is 14.6 Å². The van der Waals surface area contributed by atoms with E-state index < -0.39 is 0 Å². The van der Waals surface area contributed by atoms with Gasteiger partial charge in [-0.05, 0) is 25.1 Å². The molecule has 1 aromatic rings. The summed E-state index contributed by atoms with van der Waals surface area (Å²) in [4.78, 5) is 16.3. The highest BCUT2D eigenvalue weighted by Crippen LogP contribution is 2.17. The summed E-state index contributed by atoms with van der Waals surface area (Å²) in [5, 5.41) is 11.9. The van der Waals surface area contributed by atoms with Gasteiger partial charge < -0.3 is 20.1 Å². The molecule has 0 radical (unpaired) electrons. The fourth-order valence-electron chi connectivity index (χ4n) is 2.44. The SMILES string of the molecule is COc1cccc(NC(=O)N2CCCN(CCO)CC2)c1. The number of nitrogens with zero attached hydrogens (tertiary/aromatic N) is 2. The van der Waals surface area contributed by atoms with Crippen molar-refractivity contribution in [1.82, 2.24) is 9.80 Å². The summed E-state index contributed by atoms with van der Waals surface area (Å²) in [6.07, 6.45) is 0.922. The van der Waals surface area contributed by atoms with E-state index in [1.807, 2.05) is 23.1 Å². The van der Waals surface area contributed by atoms with Gasteiger partial charge in [0.2, 0.25) is 0 Å². The number of methoxy groups -OCH3 is 1. The lowest BCUT2D eigenvalue weighted by Crippen LogP contribution is -2.38. The van der Waals surface area contributed by atoms with E-state index in [4.69, 9.17) is 9.84 Å². The van der Waals surface area contributed by atoms with Gasteiger partial charge in [0, 0.05) is 37.9 Å². The number of hydrogen-bond donors (Lipinski definition) is 2. The van der Waals surface area contributed by atoms with Gasteiger partial charge in [-0.25, -0.2) is 4.79 Å². The maximum absolute atomic E-state index is 12.3. The second-order valence-corrected chi connectivity index (χ2v) is 5.07. The standard InChI is InChI=1S/C15H23N3O3/c1-21-14-5-2-4-13(12-14)16-15(20)18-7-3-6-17(8-9-18)10-11-19/h2,4-5,12,19H,3,6-11H2,1H3,(H,16,20). The zero-order valence-corrected chi connectivity index (χ0v) is 12.4. The minimum absolute atomic E-state index is 0.0888. The number of benzene rings is 1. The van der Waals surface area contributed by atoms with Gasteiger partial charge in [-0.2, -0.15) is 0 Å². The molecule has 6 heteroatoms. The van der Waals surface area contributed by atoms with E-state index in [9.17, 15) is 4.79 Å². The van der Waals surface area contributed by atoms with Crippen molar-refractivity contribution in [1.29, 1.82) is 0 Å². The van der Waals surface area contributed by atoms with E-state index in [1.54, 1.807) is 13.2 Å². The number of urea groups is 1. The van der Waals surface area contributed by atoms with Crippen LogP contribution in [-0.2, 0) is 0 Å². The van der Waals surface area contributed by atoms with Crippen LogP contribution in [0.15, 0.2) is 24.3 Å². The van der Waals surface area contributed by atoms with Crippen LogP contribution in [0.5, 0.6) is 5.75 Å². The van der Waals surface area contributed by atoms with Crippen molar-refractivity contribution in [3.05, 3.63) is 24.3 Å². The van der Waals surface area contributed by atoms with Crippen LogP contribution in [-0.4, -0.2) is 67.4 Å². The van der Waals surface area contributed by atoms with Gasteiger partial charge in [-0.3, -0.25) is 4.90 Å². The largest absolute Gasteiger partial charge is 0.497 e. The predicted octanol–water partition coefficient (Wildman–Crippen LogP) is 1.23. The molecule has 2 N–H and O–H groups in total. The Morgan fingerprint density at radius 3 is 2.95 bits per heavy atom. The average Bonchev–Trinajstić information content (AvgIpc) is 2.73. The monoisotopic (exact) mass is 293 g/mol. The van der Waals surface area contributed by atoms with E-state index >= 15 is 0 Å². The van der Waals surface area contributed by atoms with Crippen LogP contribution >= 0.6 is 0 Å². The van der Waals surface area contributed by atoms with E-state index in [1.165, 1.54) is 0 Å². The maximum atomic E-state index is 12.3. The van der Waals surface area contributed by atoms with Crippen LogP contribution < -0.4 is 10.1 Å². The molecule has 1 heterocycles. The molecule has 6 nitrogen and oxygen atoms in total. The molecular formula is C15H23N3O3. The first-order chi connectivity index (χ1) is 10.2. The second kappa shape index (κ2) is 7.85. The summed E-state index contributed by atoms with van der Waals surface area (Å²) < 4.78 is 5.15. The lowest BCUT2D eigenvalue weighted by molar-refractivity contribution is 0.194. The van der Waals surface area contributed by atoms with Gasteiger partial charge in [0.25, 0.3) is 0 Å². The maximum Gasteiger partial charge on any atom is 0.321 e. The molecule has 0 spiro atoms. The van der Waals surface area contributed by atoms with Crippen molar-refractivity contribution >= 4 is 11.7 Å². The Morgan fingerprint density at radius 1 is 1.33 bits per heavy atom. The van der Waals surface area contributed by atoms with E-state index in [-0.39, 0.29) is 12.6 Å². The van der Waals surface area contributed by atoms with Gasteiger partial charge >= 0.3 is 6.03 Å². The number of nitrogens with one attached hydrogen (secondary N) is 1. The van der Waals surface area contributed by atoms with Crippen molar-refractivity contribution in [3.63, 3.8) is 0 Å². The Morgan fingerprint density at radius 2 is 2.19 bits per heavy atom. The highest BCUT2D eigenvalue weighted by atomic mass is 16.5. The van der Waals surface area contributed by atoms with E-state index in [0.29, 0.717) is 13.1 Å². The molecule has 116 valence electrons. The minimum atomic E-state index is -0.0888. The number of β-amino-alcohol motifs (C(OH)–C–C–N with tert-alkyl or cyclic N) is 1. The van der Waals surface area contributed by atoms with Crippen LogP contribution in [0.2, 0.25) is 0 Å². The third-order valence-corrected chi connectivity index (χ3v) is 3.61. The average molecular weight is 293 g/mol. The second-order valence-electron chi connectivity index (χ2n) is 5.07. The number of amides is 2. The van der Waals surface area contributed by atoms with Crippen LogP contribution in [0.4, 0.5) is 10.5 Å². The lowest BCUT2D eigenvalue weighted by atomic mass is 10.3. The van der Waals surface area contributed by atoms with Crippen LogP contribution in [0, 0.1) is 0 Å². The van der Waals surface area contributed by atoms with E-state index in [0.717, 1.165) is 37.5 Å². The van der Waals surface area contributed by atoms with Gasteiger partial charge in [-0.1, -0.05) is 6.07 Å². The molecule has 2 rings (SSSR count). The number of ether oxygens (including phenoxy) is 1.